The topological polar surface area (TPSA) is 83.1 Å². The lowest BCUT2D eigenvalue weighted by atomic mass is 9.75. The van der Waals surface area contributed by atoms with Gasteiger partial charge >= 0.3 is 5.97 Å². The number of ether oxygens (including phenoxy) is 4. The molecule has 0 saturated carbocycles. The minimum Gasteiger partial charge on any atom is -0.497 e. The summed E-state index contributed by atoms with van der Waals surface area (Å²) >= 11 is 0. The van der Waals surface area contributed by atoms with Crippen LogP contribution in [0, 0.1) is 0 Å². The number of carbonyl (C=O) groups excluding carboxylic acids is 2. The molecule has 1 aromatic carbocycles. The number of benzene rings is 1. The second-order valence-electron chi connectivity index (χ2n) is 8.11. The van der Waals surface area contributed by atoms with Crippen molar-refractivity contribution in [3.05, 3.63) is 46.3 Å². The second-order valence-corrected chi connectivity index (χ2v) is 8.11. The molecule has 2 unspecified atom stereocenters. The third-order valence-electron chi connectivity index (χ3n) is 6.17. The molecule has 2 aliphatic heterocycles. The SMILES string of the molecule is COc1ccc(OC)c(C2C(C(=O)OCC3CCCO3)=C(C)NC3=C2C(=O)CCC3)c1. The lowest BCUT2D eigenvalue weighted by Gasteiger charge is -2.34. The van der Waals surface area contributed by atoms with E-state index in [4.69, 9.17) is 18.9 Å². The van der Waals surface area contributed by atoms with Gasteiger partial charge in [0, 0.05) is 35.6 Å². The van der Waals surface area contributed by atoms with E-state index >= 15 is 0 Å². The fraction of sp³-hybridized carbons (Fsp3) is 0.500. The number of rotatable bonds is 6. The average molecular weight is 427 g/mol. The summed E-state index contributed by atoms with van der Waals surface area (Å²) in [5.74, 6) is 0.242. The first-order chi connectivity index (χ1) is 15.0. The van der Waals surface area contributed by atoms with Crippen LogP contribution in [0.3, 0.4) is 0 Å². The molecular formula is C24H29NO6. The average Bonchev–Trinajstić information content (AvgIpc) is 3.30. The highest BCUT2D eigenvalue weighted by molar-refractivity contribution is 6.04. The molecule has 0 radical (unpaired) electrons. The number of hydrogen-bond donors (Lipinski definition) is 1. The molecule has 1 fully saturated rings. The van der Waals surface area contributed by atoms with Crippen LogP contribution in [0.2, 0.25) is 0 Å². The van der Waals surface area contributed by atoms with E-state index in [1.165, 1.54) is 0 Å². The molecule has 3 aliphatic rings. The van der Waals surface area contributed by atoms with Gasteiger partial charge in [0.05, 0.1) is 31.8 Å². The van der Waals surface area contributed by atoms with Crippen molar-refractivity contribution in [3.63, 3.8) is 0 Å². The summed E-state index contributed by atoms with van der Waals surface area (Å²) < 4.78 is 22.3. The number of nitrogens with one attached hydrogen (secondary N) is 1. The number of methoxy groups -OCH3 is 2. The van der Waals surface area contributed by atoms with Crippen molar-refractivity contribution < 1.29 is 28.5 Å². The third-order valence-corrected chi connectivity index (χ3v) is 6.17. The first-order valence-corrected chi connectivity index (χ1v) is 10.8. The van der Waals surface area contributed by atoms with Gasteiger partial charge in [-0.25, -0.2) is 4.79 Å². The molecule has 7 nitrogen and oxygen atoms in total. The lowest BCUT2D eigenvalue weighted by Crippen LogP contribution is -2.35. The van der Waals surface area contributed by atoms with Crippen molar-refractivity contribution in [1.82, 2.24) is 5.32 Å². The van der Waals surface area contributed by atoms with Crippen LogP contribution in [0.4, 0.5) is 0 Å². The molecule has 2 heterocycles. The number of esters is 1. The van der Waals surface area contributed by atoms with E-state index in [1.807, 2.05) is 13.0 Å². The number of dihydropyridines is 1. The van der Waals surface area contributed by atoms with Crippen molar-refractivity contribution in [2.45, 2.75) is 51.0 Å². The molecule has 7 heteroatoms. The van der Waals surface area contributed by atoms with Gasteiger partial charge in [0.1, 0.15) is 18.1 Å². The first kappa shape index (κ1) is 21.4. The van der Waals surface area contributed by atoms with Crippen LogP contribution in [0.5, 0.6) is 11.5 Å². The van der Waals surface area contributed by atoms with Gasteiger partial charge < -0.3 is 24.3 Å². The van der Waals surface area contributed by atoms with E-state index < -0.39 is 11.9 Å². The van der Waals surface area contributed by atoms with Crippen LogP contribution in [0.25, 0.3) is 0 Å². The van der Waals surface area contributed by atoms with E-state index in [0.29, 0.717) is 41.4 Å². The van der Waals surface area contributed by atoms with Gasteiger partial charge in [-0.2, -0.15) is 0 Å². The predicted molar refractivity (Wildman–Crippen MR) is 114 cm³/mol. The Kier molecular flexibility index (Phi) is 6.32. The molecule has 0 spiro atoms. The Morgan fingerprint density at radius 3 is 2.74 bits per heavy atom. The van der Waals surface area contributed by atoms with Gasteiger partial charge in [0.15, 0.2) is 5.78 Å². The van der Waals surface area contributed by atoms with Gasteiger partial charge in [0.2, 0.25) is 0 Å². The van der Waals surface area contributed by atoms with E-state index in [2.05, 4.69) is 5.32 Å². The molecule has 1 aromatic rings. The fourth-order valence-electron chi connectivity index (χ4n) is 4.65. The normalized spacial score (nSPS) is 23.4. The Morgan fingerprint density at radius 2 is 2.03 bits per heavy atom. The number of Topliss-reactive ketones (excluding diaryl/α,β-unsaturated/α-hetero) is 1. The van der Waals surface area contributed by atoms with Gasteiger partial charge in [-0.15, -0.1) is 0 Å². The molecule has 0 aromatic heterocycles. The van der Waals surface area contributed by atoms with Gasteiger partial charge in [-0.3, -0.25) is 4.79 Å². The number of ketones is 1. The molecule has 1 aliphatic carbocycles. The monoisotopic (exact) mass is 427 g/mol. The van der Waals surface area contributed by atoms with Crippen molar-refractivity contribution in [2.75, 3.05) is 27.4 Å². The zero-order valence-corrected chi connectivity index (χ0v) is 18.3. The molecule has 1 saturated heterocycles. The summed E-state index contributed by atoms with van der Waals surface area (Å²) in [7, 11) is 3.17. The summed E-state index contributed by atoms with van der Waals surface area (Å²) in [4.78, 5) is 26.3. The first-order valence-electron chi connectivity index (χ1n) is 10.8. The Bertz CT molecular complexity index is 941. The maximum atomic E-state index is 13.3. The quantitative estimate of drug-likeness (QED) is 0.697. The van der Waals surface area contributed by atoms with Gasteiger partial charge in [-0.1, -0.05) is 0 Å². The largest absolute Gasteiger partial charge is 0.497 e. The molecule has 4 rings (SSSR count). The van der Waals surface area contributed by atoms with Crippen molar-refractivity contribution in [2.24, 2.45) is 0 Å². The molecule has 1 N–H and O–H groups in total. The maximum absolute atomic E-state index is 13.3. The van der Waals surface area contributed by atoms with Gasteiger partial charge in [-0.05, 0) is 50.8 Å². The van der Waals surface area contributed by atoms with Crippen LogP contribution in [-0.2, 0) is 19.1 Å². The number of allylic oxidation sites excluding steroid dienone is 3. The molecular weight excluding hydrogens is 398 g/mol. The maximum Gasteiger partial charge on any atom is 0.336 e. The fourth-order valence-corrected chi connectivity index (χ4v) is 4.65. The van der Waals surface area contributed by atoms with Crippen LogP contribution in [0.1, 0.15) is 50.5 Å². The highest BCUT2D eigenvalue weighted by Gasteiger charge is 2.40. The Morgan fingerprint density at radius 1 is 1.19 bits per heavy atom. The summed E-state index contributed by atoms with van der Waals surface area (Å²) in [5, 5.41) is 3.31. The molecule has 166 valence electrons. The molecule has 31 heavy (non-hydrogen) atoms. The number of carbonyl (C=O) groups is 2. The van der Waals surface area contributed by atoms with Crippen molar-refractivity contribution >= 4 is 11.8 Å². The van der Waals surface area contributed by atoms with Crippen LogP contribution < -0.4 is 14.8 Å². The summed E-state index contributed by atoms with van der Waals surface area (Å²) in [6.07, 6.45) is 3.79. The standard InChI is InChI=1S/C24H29NO6/c1-14-21(24(27)31-13-16-6-5-11-30-16)22(23-18(25-14)7-4-8-19(23)26)17-12-15(28-2)9-10-20(17)29-3/h9-10,12,16,22,25H,4-8,11,13H2,1-3H3. The van der Waals surface area contributed by atoms with Crippen molar-refractivity contribution in [3.8, 4) is 11.5 Å². The third kappa shape index (κ3) is 4.19. The van der Waals surface area contributed by atoms with E-state index in [0.717, 1.165) is 36.9 Å². The van der Waals surface area contributed by atoms with E-state index in [9.17, 15) is 9.59 Å². The van der Waals surface area contributed by atoms with Crippen LogP contribution in [-0.4, -0.2) is 45.3 Å². The van der Waals surface area contributed by atoms with Crippen molar-refractivity contribution in [1.29, 1.82) is 0 Å². The summed E-state index contributed by atoms with van der Waals surface area (Å²) in [5.41, 5.74) is 3.33. The molecule has 2 atom stereocenters. The smallest absolute Gasteiger partial charge is 0.336 e. The summed E-state index contributed by atoms with van der Waals surface area (Å²) in [6.45, 7) is 2.75. The van der Waals surface area contributed by atoms with E-state index in [1.54, 1.807) is 26.4 Å². The second kappa shape index (κ2) is 9.14. The Labute approximate surface area is 182 Å². The van der Waals surface area contributed by atoms with Crippen LogP contribution >= 0.6 is 0 Å². The predicted octanol–water partition coefficient (Wildman–Crippen LogP) is 3.39. The highest BCUT2D eigenvalue weighted by atomic mass is 16.6. The Hall–Kier alpha value is -2.80. The minimum absolute atomic E-state index is 0.0422. The molecule has 0 bridgehead atoms. The van der Waals surface area contributed by atoms with Gasteiger partial charge in [0.25, 0.3) is 0 Å². The summed E-state index contributed by atoms with van der Waals surface area (Å²) in [6, 6.07) is 5.43. The lowest BCUT2D eigenvalue weighted by molar-refractivity contribution is -0.142. The number of hydrogen-bond acceptors (Lipinski definition) is 7. The highest BCUT2D eigenvalue weighted by Crippen LogP contribution is 2.46. The minimum atomic E-state index is -0.578. The molecule has 0 amide bonds. The Balaban J connectivity index is 1.77. The zero-order chi connectivity index (χ0) is 22.0. The zero-order valence-electron chi connectivity index (χ0n) is 18.3. The van der Waals surface area contributed by atoms with Crippen LogP contribution in [0.15, 0.2) is 40.7 Å². The van der Waals surface area contributed by atoms with E-state index in [-0.39, 0.29) is 18.5 Å².